The van der Waals surface area contributed by atoms with Crippen molar-refractivity contribution in [1.29, 1.82) is 0 Å². The van der Waals surface area contributed by atoms with Crippen LogP contribution in [-0.4, -0.2) is 53.7 Å². The van der Waals surface area contributed by atoms with E-state index >= 15 is 0 Å². The third-order valence-corrected chi connectivity index (χ3v) is 20.8. The van der Waals surface area contributed by atoms with Gasteiger partial charge in [0.15, 0.2) is 0 Å². The quantitative estimate of drug-likeness (QED) is 0.240. The Hall–Kier alpha value is -2.09. The maximum Gasteiger partial charge on any atom is 0.302 e. The highest BCUT2D eigenvalue weighted by molar-refractivity contribution is 5.88. The predicted molar refractivity (Wildman–Crippen MR) is 232 cm³/mol. The number of carbonyl (C=O) groups excluding carboxylic acids is 5. The maximum absolute atomic E-state index is 13.9. The first-order chi connectivity index (χ1) is 28.3. The minimum atomic E-state index is -0.281. The summed E-state index contributed by atoms with van der Waals surface area (Å²) in [6, 6.07) is 0. The Balaban J connectivity index is 0.000000181. The lowest BCUT2D eigenvalue weighted by atomic mass is 9.41. The maximum atomic E-state index is 13.9. The van der Waals surface area contributed by atoms with E-state index in [1.807, 2.05) is 0 Å². The predicted octanol–water partition coefficient (Wildman–Crippen LogP) is 10.2. The fourth-order valence-corrected chi connectivity index (χ4v) is 17.9. The van der Waals surface area contributed by atoms with Crippen LogP contribution in [0.1, 0.15) is 172 Å². The van der Waals surface area contributed by atoms with E-state index in [1.54, 1.807) is 0 Å². The number of aliphatic hydroxyl groups excluding tert-OH is 1. The summed E-state index contributed by atoms with van der Waals surface area (Å²) in [6.07, 6.45) is 15.5. The lowest BCUT2D eigenvalue weighted by molar-refractivity contribution is -0.195. The molecule has 0 aromatic carbocycles. The fraction of sp³-hybridized carbons (Fsp3) is 0.904. The van der Waals surface area contributed by atoms with Gasteiger partial charge in [0, 0.05) is 51.4 Å². The first kappa shape index (κ1) is 45.9. The molecule has 338 valence electrons. The largest absolute Gasteiger partial charge is 0.466 e. The van der Waals surface area contributed by atoms with Crippen LogP contribution in [0.3, 0.4) is 0 Å². The zero-order valence-corrected chi connectivity index (χ0v) is 39.2. The number of rotatable bonds is 8. The molecule has 0 amide bonds. The van der Waals surface area contributed by atoms with Crippen molar-refractivity contribution in [2.24, 2.45) is 105 Å². The van der Waals surface area contributed by atoms with Gasteiger partial charge in [-0.3, -0.25) is 24.0 Å². The smallest absolute Gasteiger partial charge is 0.302 e. The van der Waals surface area contributed by atoms with Crippen LogP contribution in [0, 0.1) is 105 Å². The summed E-state index contributed by atoms with van der Waals surface area (Å²) in [7, 11) is 0. The highest BCUT2D eigenvalue weighted by atomic mass is 16.5. The van der Waals surface area contributed by atoms with Crippen molar-refractivity contribution in [3.8, 4) is 0 Å². The van der Waals surface area contributed by atoms with Gasteiger partial charge in [0.05, 0.1) is 19.3 Å². The zero-order chi connectivity index (χ0) is 43.7. The second kappa shape index (κ2) is 17.1. The van der Waals surface area contributed by atoms with Crippen LogP contribution in [-0.2, 0) is 33.4 Å². The standard InChI is InChI=1S/C26H42O4.C26H40O4/c2*1-6-18-22-13-17(28)9-11-26(22,5)21-10-12-25(4)19(15(2)14-30-16(3)27)7-8-20(25)23(21)24(18)29/h15,18-24,29H,6-14H2,1-5H3;15,18-23H,6-14H2,1-5H3/t15-,18+,19-,20?,21?,22+,23?,24-,25-,26-;15-,18+,19-,20?,21?,22+,23?,25-,26-/m11/s1. The van der Waals surface area contributed by atoms with Crippen LogP contribution in [0.15, 0.2) is 0 Å². The molecule has 0 heterocycles. The van der Waals surface area contributed by atoms with Crippen LogP contribution in [0.5, 0.6) is 0 Å². The molecule has 0 saturated heterocycles. The third kappa shape index (κ3) is 7.50. The highest BCUT2D eigenvalue weighted by Gasteiger charge is 2.67. The molecule has 60 heavy (non-hydrogen) atoms. The SMILES string of the molecule is CC[C@@H]1C(=O)C2C3CC[C@H]([C@H](C)COC(C)=O)[C@@]3(C)CCC2[C@@]2(C)CCC(=O)C[C@@H]12.CC[C@@H]1[C@@H](O)C2C3CC[C@H]([C@H](C)COC(C)=O)[C@@]3(C)CCC2[C@@]2(C)CCC(=O)C[C@@H]12. The second-order valence-electron chi connectivity index (χ2n) is 23.2. The molecule has 8 nitrogen and oxygen atoms in total. The van der Waals surface area contributed by atoms with Crippen LogP contribution < -0.4 is 0 Å². The summed E-state index contributed by atoms with van der Waals surface area (Å²) < 4.78 is 10.7. The molecule has 0 radical (unpaired) electrons. The van der Waals surface area contributed by atoms with Gasteiger partial charge in [0.25, 0.3) is 0 Å². The van der Waals surface area contributed by atoms with Crippen molar-refractivity contribution in [2.75, 3.05) is 13.2 Å². The lowest BCUT2D eigenvalue weighted by Crippen LogP contribution is -2.62. The van der Waals surface area contributed by atoms with Crippen LogP contribution in [0.4, 0.5) is 0 Å². The third-order valence-electron chi connectivity index (χ3n) is 20.8. The molecule has 1 N–H and O–H groups in total. The minimum Gasteiger partial charge on any atom is -0.466 e. The summed E-state index contributed by atoms with van der Waals surface area (Å²) in [5.74, 6) is 5.98. The summed E-state index contributed by atoms with van der Waals surface area (Å²) in [6.45, 7) is 22.5. The van der Waals surface area contributed by atoms with Crippen molar-refractivity contribution in [3.63, 3.8) is 0 Å². The van der Waals surface area contributed by atoms with Crippen molar-refractivity contribution < 1.29 is 38.6 Å². The van der Waals surface area contributed by atoms with Crippen LogP contribution >= 0.6 is 0 Å². The van der Waals surface area contributed by atoms with Gasteiger partial charge >= 0.3 is 11.9 Å². The van der Waals surface area contributed by atoms with Gasteiger partial charge < -0.3 is 14.6 Å². The summed E-state index contributed by atoms with van der Waals surface area (Å²) in [4.78, 5) is 61.2. The normalized spacial score (nSPS) is 47.8. The van der Waals surface area contributed by atoms with E-state index in [4.69, 9.17) is 9.47 Å². The number of Topliss-reactive ketones (excluding diaryl/α,β-unsaturated/α-hetero) is 3. The molecule has 8 saturated carbocycles. The number of esters is 2. The molecule has 8 aliphatic rings. The molecule has 8 heteroatoms. The molecular formula is C52H82O8. The number of hydrogen-bond donors (Lipinski definition) is 1. The number of ether oxygens (including phenoxy) is 2. The number of fused-ring (bicyclic) bond motifs is 10. The minimum absolute atomic E-state index is 0.0559. The Morgan fingerprint density at radius 1 is 0.617 bits per heavy atom. The van der Waals surface area contributed by atoms with E-state index in [1.165, 1.54) is 39.5 Å². The van der Waals surface area contributed by atoms with Gasteiger partial charge in [-0.2, -0.15) is 0 Å². The van der Waals surface area contributed by atoms with E-state index in [0.29, 0.717) is 109 Å². The number of carbonyl (C=O) groups is 5. The van der Waals surface area contributed by atoms with Crippen LogP contribution in [0.25, 0.3) is 0 Å². The topological polar surface area (TPSA) is 124 Å². The Labute approximate surface area is 362 Å². The summed E-state index contributed by atoms with van der Waals surface area (Å²) in [5.41, 5.74) is 0.702. The molecule has 6 unspecified atom stereocenters. The Bertz CT molecular complexity index is 1650. The van der Waals surface area contributed by atoms with Gasteiger partial charge in [0.1, 0.15) is 17.3 Å². The molecule has 8 aliphatic carbocycles. The summed E-state index contributed by atoms with van der Waals surface area (Å²) >= 11 is 0. The Morgan fingerprint density at radius 2 is 1.07 bits per heavy atom. The molecule has 8 rings (SSSR count). The van der Waals surface area contributed by atoms with Gasteiger partial charge in [0.2, 0.25) is 0 Å². The number of aliphatic hydroxyl groups is 1. The highest BCUT2D eigenvalue weighted by Crippen LogP contribution is 2.70. The molecule has 0 aromatic heterocycles. The fourth-order valence-electron chi connectivity index (χ4n) is 17.9. The van der Waals surface area contributed by atoms with Gasteiger partial charge in [-0.05, 0) is 163 Å². The average Bonchev–Trinajstić information content (AvgIpc) is 3.74. The van der Waals surface area contributed by atoms with Crippen molar-refractivity contribution in [1.82, 2.24) is 0 Å². The Morgan fingerprint density at radius 3 is 1.58 bits per heavy atom. The molecule has 8 fully saturated rings. The average molecular weight is 835 g/mol. The van der Waals surface area contributed by atoms with E-state index in [0.717, 1.165) is 57.8 Å². The lowest BCUT2D eigenvalue weighted by Gasteiger charge is -2.64. The van der Waals surface area contributed by atoms with E-state index in [9.17, 15) is 29.1 Å². The molecule has 0 bridgehead atoms. The van der Waals surface area contributed by atoms with Gasteiger partial charge in [-0.25, -0.2) is 0 Å². The first-order valence-electron chi connectivity index (χ1n) is 24.8. The van der Waals surface area contributed by atoms with Crippen LogP contribution in [0.2, 0.25) is 0 Å². The number of ketones is 3. The number of hydrogen-bond acceptors (Lipinski definition) is 8. The van der Waals surface area contributed by atoms with Gasteiger partial charge in [-0.15, -0.1) is 0 Å². The monoisotopic (exact) mass is 835 g/mol. The van der Waals surface area contributed by atoms with Crippen molar-refractivity contribution in [3.05, 3.63) is 0 Å². The molecular weight excluding hydrogens is 753 g/mol. The first-order valence-corrected chi connectivity index (χ1v) is 24.8. The van der Waals surface area contributed by atoms with E-state index in [2.05, 4.69) is 55.4 Å². The zero-order valence-electron chi connectivity index (χ0n) is 39.2. The molecule has 0 aliphatic heterocycles. The van der Waals surface area contributed by atoms with E-state index < -0.39 is 0 Å². The second-order valence-corrected chi connectivity index (χ2v) is 23.2. The van der Waals surface area contributed by atoms with Crippen molar-refractivity contribution in [2.45, 2.75) is 178 Å². The molecule has 0 aromatic rings. The molecule has 0 spiro atoms. The Kier molecular flexibility index (Phi) is 13.1. The molecule has 19 atom stereocenters. The van der Waals surface area contributed by atoms with Gasteiger partial charge in [-0.1, -0.05) is 61.8 Å². The van der Waals surface area contributed by atoms with E-state index in [-0.39, 0.29) is 63.4 Å². The summed E-state index contributed by atoms with van der Waals surface area (Å²) in [5, 5.41) is 11.7. The van der Waals surface area contributed by atoms with Crippen molar-refractivity contribution >= 4 is 29.3 Å².